The number of halogens is 2. The molecule has 0 atom stereocenters. The number of hydrogen-bond acceptors (Lipinski definition) is 4. The number of ether oxygens (including phenoxy) is 1. The van der Waals surface area contributed by atoms with Crippen molar-refractivity contribution in [3.05, 3.63) is 22.6 Å². The quantitative estimate of drug-likeness (QED) is 0.617. The molecule has 7 heteroatoms. The van der Waals surface area contributed by atoms with E-state index in [9.17, 15) is 4.79 Å². The van der Waals surface area contributed by atoms with E-state index in [-0.39, 0.29) is 12.5 Å². The molecule has 0 amide bonds. The first-order valence-electron chi connectivity index (χ1n) is 5.88. The Hall–Kier alpha value is -1.14. The summed E-state index contributed by atoms with van der Waals surface area (Å²) in [6.07, 6.45) is 2.26. The molecule has 0 fully saturated rings. The molecule has 2 aromatic heterocycles. The van der Waals surface area contributed by atoms with Gasteiger partial charge in [-0.05, 0) is 28.9 Å². The number of aromatic nitrogens is 3. The summed E-state index contributed by atoms with van der Waals surface area (Å²) in [5.74, 6) is 0.874. The average Bonchev–Trinajstić information content (AvgIpc) is 2.67. The van der Waals surface area contributed by atoms with E-state index in [4.69, 9.17) is 16.3 Å². The number of rotatable bonds is 5. The van der Waals surface area contributed by atoms with E-state index >= 15 is 0 Å². The number of aryl methyl sites for hydroxylation is 1. The summed E-state index contributed by atoms with van der Waals surface area (Å²) in [6, 6.07) is 1.86. The number of esters is 1. The minimum absolute atomic E-state index is 0.102. The minimum Gasteiger partial charge on any atom is -0.465 e. The monoisotopic (exact) mass is 345 g/mol. The lowest BCUT2D eigenvalue weighted by Gasteiger charge is -2.07. The topological polar surface area (TPSA) is 57.0 Å². The van der Waals surface area contributed by atoms with Gasteiger partial charge in [-0.1, -0.05) is 0 Å². The maximum atomic E-state index is 11.6. The largest absolute Gasteiger partial charge is 0.465 e. The maximum Gasteiger partial charge on any atom is 0.326 e. The molecule has 0 unspecified atom stereocenters. The lowest BCUT2D eigenvalue weighted by Crippen LogP contribution is -2.16. The number of alkyl halides is 1. The molecule has 0 aliphatic heterocycles. The maximum absolute atomic E-state index is 11.6. The van der Waals surface area contributed by atoms with Gasteiger partial charge < -0.3 is 9.30 Å². The van der Waals surface area contributed by atoms with Crippen LogP contribution in [0.2, 0.25) is 0 Å². The van der Waals surface area contributed by atoms with Gasteiger partial charge in [0.15, 0.2) is 5.65 Å². The molecule has 0 aromatic carbocycles. The van der Waals surface area contributed by atoms with Crippen molar-refractivity contribution in [1.82, 2.24) is 14.5 Å². The summed E-state index contributed by atoms with van der Waals surface area (Å²) in [5, 5.41) is 0. The van der Waals surface area contributed by atoms with E-state index in [1.807, 2.05) is 6.07 Å². The van der Waals surface area contributed by atoms with Crippen LogP contribution in [-0.4, -0.2) is 33.0 Å². The van der Waals surface area contributed by atoms with Gasteiger partial charge in [0.1, 0.15) is 17.9 Å². The number of pyridine rings is 1. The number of imidazole rings is 1. The Balaban J connectivity index is 2.42. The van der Waals surface area contributed by atoms with E-state index in [0.29, 0.717) is 24.6 Å². The fourth-order valence-electron chi connectivity index (χ4n) is 1.81. The van der Waals surface area contributed by atoms with E-state index in [1.165, 1.54) is 0 Å². The van der Waals surface area contributed by atoms with Gasteiger partial charge in [-0.15, -0.1) is 11.6 Å². The molecule has 0 radical (unpaired) electrons. The fourth-order valence-corrected chi connectivity index (χ4v) is 2.30. The highest BCUT2D eigenvalue weighted by Gasteiger charge is 2.15. The molecule has 19 heavy (non-hydrogen) atoms. The second kappa shape index (κ2) is 6.34. The smallest absolute Gasteiger partial charge is 0.326 e. The predicted molar refractivity (Wildman–Crippen MR) is 76.3 cm³/mol. The third-order valence-corrected chi connectivity index (χ3v) is 3.16. The van der Waals surface area contributed by atoms with Gasteiger partial charge in [-0.25, -0.2) is 9.97 Å². The van der Waals surface area contributed by atoms with Gasteiger partial charge in [0.2, 0.25) is 0 Å². The molecule has 2 aromatic rings. The lowest BCUT2D eigenvalue weighted by molar-refractivity contribution is -0.143. The van der Waals surface area contributed by atoms with Gasteiger partial charge in [0, 0.05) is 23.0 Å². The molecule has 0 aliphatic rings. The molecule has 102 valence electrons. The second-order valence-electron chi connectivity index (χ2n) is 3.85. The van der Waals surface area contributed by atoms with Crippen LogP contribution in [0.3, 0.4) is 0 Å². The molecule has 0 saturated heterocycles. The molecular formula is C12H13BrClN3O2. The van der Waals surface area contributed by atoms with E-state index in [0.717, 1.165) is 15.8 Å². The van der Waals surface area contributed by atoms with Crippen LogP contribution < -0.4 is 0 Å². The fraction of sp³-hybridized carbons (Fsp3) is 0.417. The zero-order valence-corrected chi connectivity index (χ0v) is 12.7. The molecule has 2 rings (SSSR count). The lowest BCUT2D eigenvalue weighted by atomic mass is 10.4. The Labute approximate surface area is 124 Å². The van der Waals surface area contributed by atoms with Crippen molar-refractivity contribution >= 4 is 44.7 Å². The van der Waals surface area contributed by atoms with Crippen molar-refractivity contribution in [2.75, 3.05) is 12.5 Å². The Kier molecular flexibility index (Phi) is 4.76. The number of carbonyl (C=O) groups is 1. The molecule has 0 bridgehead atoms. The van der Waals surface area contributed by atoms with Crippen molar-refractivity contribution in [2.45, 2.75) is 19.9 Å². The van der Waals surface area contributed by atoms with Gasteiger partial charge in [0.05, 0.1) is 6.61 Å². The van der Waals surface area contributed by atoms with Crippen molar-refractivity contribution in [1.29, 1.82) is 0 Å². The number of fused-ring (bicyclic) bond motifs is 1. The number of carbonyl (C=O) groups excluding carboxylic acids is 1. The van der Waals surface area contributed by atoms with Gasteiger partial charge in [-0.3, -0.25) is 4.79 Å². The van der Waals surface area contributed by atoms with Crippen molar-refractivity contribution in [3.8, 4) is 0 Å². The highest BCUT2D eigenvalue weighted by atomic mass is 79.9. The Morgan fingerprint density at radius 3 is 3.05 bits per heavy atom. The number of hydrogen-bond donors (Lipinski definition) is 0. The first kappa shape index (κ1) is 14.3. The summed E-state index contributed by atoms with van der Waals surface area (Å²) in [7, 11) is 0. The van der Waals surface area contributed by atoms with Crippen LogP contribution in [-0.2, 0) is 22.5 Å². The highest BCUT2D eigenvalue weighted by molar-refractivity contribution is 9.10. The van der Waals surface area contributed by atoms with Crippen LogP contribution >= 0.6 is 27.5 Å². The normalized spacial score (nSPS) is 10.9. The summed E-state index contributed by atoms with van der Waals surface area (Å²) in [4.78, 5) is 20.4. The first-order chi connectivity index (χ1) is 9.15. The van der Waals surface area contributed by atoms with Crippen LogP contribution in [0.5, 0.6) is 0 Å². The van der Waals surface area contributed by atoms with E-state index in [2.05, 4.69) is 25.9 Å². The van der Waals surface area contributed by atoms with Crippen molar-refractivity contribution in [2.24, 2.45) is 0 Å². The SMILES string of the molecule is CCOC(=O)Cn1c(CCCl)nc2cc(Br)cnc21. The van der Waals surface area contributed by atoms with Crippen LogP contribution in [0.25, 0.3) is 11.2 Å². The molecule has 2 heterocycles. The Morgan fingerprint density at radius 1 is 1.58 bits per heavy atom. The molecule has 0 saturated carbocycles. The molecular weight excluding hydrogens is 334 g/mol. The molecule has 0 aliphatic carbocycles. The Bertz CT molecular complexity index is 600. The van der Waals surface area contributed by atoms with E-state index in [1.54, 1.807) is 17.7 Å². The van der Waals surface area contributed by atoms with Crippen molar-refractivity contribution in [3.63, 3.8) is 0 Å². The van der Waals surface area contributed by atoms with Gasteiger partial charge in [-0.2, -0.15) is 0 Å². The van der Waals surface area contributed by atoms with Gasteiger partial charge in [0.25, 0.3) is 0 Å². The molecule has 0 spiro atoms. The molecule has 5 nitrogen and oxygen atoms in total. The summed E-state index contributed by atoms with van der Waals surface area (Å²) >= 11 is 9.12. The standard InChI is InChI=1S/C12H13BrClN3O2/c1-2-19-11(18)7-17-10(3-4-14)16-9-5-8(13)6-15-12(9)17/h5-6H,2-4,7H2,1H3. The number of nitrogens with zero attached hydrogens (tertiary/aromatic N) is 3. The minimum atomic E-state index is -0.303. The zero-order valence-electron chi connectivity index (χ0n) is 10.4. The third kappa shape index (κ3) is 3.25. The van der Waals surface area contributed by atoms with Crippen molar-refractivity contribution < 1.29 is 9.53 Å². The second-order valence-corrected chi connectivity index (χ2v) is 5.15. The summed E-state index contributed by atoms with van der Waals surface area (Å²) in [5.41, 5.74) is 1.40. The summed E-state index contributed by atoms with van der Waals surface area (Å²) in [6.45, 7) is 2.24. The highest BCUT2D eigenvalue weighted by Crippen LogP contribution is 2.19. The third-order valence-electron chi connectivity index (χ3n) is 2.54. The predicted octanol–water partition coefficient (Wildman–Crippen LogP) is 2.54. The first-order valence-corrected chi connectivity index (χ1v) is 7.20. The van der Waals surface area contributed by atoms with Gasteiger partial charge >= 0.3 is 5.97 Å². The zero-order chi connectivity index (χ0) is 13.8. The Morgan fingerprint density at radius 2 is 2.37 bits per heavy atom. The molecule has 0 N–H and O–H groups in total. The summed E-state index contributed by atoms with van der Waals surface area (Å²) < 4.78 is 7.56. The van der Waals surface area contributed by atoms with Crippen LogP contribution in [0, 0.1) is 0 Å². The van der Waals surface area contributed by atoms with Crippen LogP contribution in [0.4, 0.5) is 0 Å². The van der Waals surface area contributed by atoms with Crippen LogP contribution in [0.1, 0.15) is 12.7 Å². The van der Waals surface area contributed by atoms with E-state index < -0.39 is 0 Å². The van der Waals surface area contributed by atoms with Crippen LogP contribution in [0.15, 0.2) is 16.7 Å². The average molecular weight is 347 g/mol.